The van der Waals surface area contributed by atoms with Gasteiger partial charge in [-0.3, -0.25) is 0 Å². The van der Waals surface area contributed by atoms with Gasteiger partial charge in [-0.15, -0.1) is 6.58 Å². The van der Waals surface area contributed by atoms with E-state index in [2.05, 4.69) is 44.7 Å². The van der Waals surface area contributed by atoms with Crippen molar-refractivity contribution in [3.8, 4) is 0 Å². The molecule has 0 saturated carbocycles. The van der Waals surface area contributed by atoms with Crippen LogP contribution in [0.2, 0.25) is 0 Å². The zero-order valence-corrected chi connectivity index (χ0v) is 15.4. The third kappa shape index (κ3) is 3.32. The third-order valence-corrected chi connectivity index (χ3v) is 5.66. The maximum atomic E-state index is 5.73. The van der Waals surface area contributed by atoms with Gasteiger partial charge in [0, 0.05) is 25.4 Å². The molecule has 7 nitrogen and oxygen atoms in total. The van der Waals surface area contributed by atoms with Gasteiger partial charge in [-0.05, 0) is 24.3 Å². The number of nitrogens with two attached hydrogens (primary N) is 1. The van der Waals surface area contributed by atoms with E-state index in [1.807, 2.05) is 6.07 Å². The van der Waals surface area contributed by atoms with Crippen LogP contribution < -0.4 is 16.0 Å². The lowest BCUT2D eigenvalue weighted by atomic mass is 9.91. The lowest BCUT2D eigenvalue weighted by Crippen LogP contribution is -2.38. The Morgan fingerprint density at radius 2 is 2.23 bits per heavy atom. The molecular weight excluding hydrogens is 346 g/mol. The first-order chi connectivity index (χ1) is 12.6. The highest BCUT2D eigenvalue weighted by Crippen LogP contribution is 2.36. The van der Waals surface area contributed by atoms with Crippen LogP contribution in [0.5, 0.6) is 0 Å². The second-order valence-electron chi connectivity index (χ2n) is 6.70. The van der Waals surface area contributed by atoms with Crippen LogP contribution in [0.1, 0.15) is 13.3 Å². The lowest BCUT2D eigenvalue weighted by molar-refractivity contribution is 0.383. The molecule has 4 rings (SSSR count). The molecule has 26 heavy (non-hydrogen) atoms. The standard InChI is InChI=1S/C18H21N7S/c1-3-12-6-11(2)8-25(9-12)18-23-13-4-5-20-17(16(13)26-18)24-15-7-14(19)21-10-22-15/h3-5,7,10-12H,1,6,8-9H2,2H3,(H3,19,20,21,22,24). The molecule has 4 heterocycles. The molecule has 3 aromatic rings. The number of pyridine rings is 1. The normalized spacial score (nSPS) is 20.3. The van der Waals surface area contributed by atoms with Crippen LogP contribution in [0.4, 0.5) is 22.6 Å². The van der Waals surface area contributed by atoms with E-state index in [1.54, 1.807) is 23.6 Å². The highest BCUT2D eigenvalue weighted by atomic mass is 32.1. The van der Waals surface area contributed by atoms with Crippen LogP contribution in [-0.4, -0.2) is 33.0 Å². The first-order valence-electron chi connectivity index (χ1n) is 8.60. The lowest BCUT2D eigenvalue weighted by Gasteiger charge is -2.35. The SMILES string of the molecule is C=CC1CC(C)CN(c2nc3ccnc(Nc4cc(N)ncn4)c3s2)C1. The number of nitrogens with one attached hydrogen (secondary N) is 1. The highest BCUT2D eigenvalue weighted by molar-refractivity contribution is 7.22. The van der Waals surface area contributed by atoms with Crippen molar-refractivity contribution in [1.82, 2.24) is 19.9 Å². The summed E-state index contributed by atoms with van der Waals surface area (Å²) in [5.74, 6) is 2.89. The summed E-state index contributed by atoms with van der Waals surface area (Å²) < 4.78 is 1.01. The van der Waals surface area contributed by atoms with Crippen molar-refractivity contribution in [1.29, 1.82) is 0 Å². The number of anilines is 4. The maximum absolute atomic E-state index is 5.73. The second kappa shape index (κ2) is 6.87. The number of aromatic nitrogens is 4. The van der Waals surface area contributed by atoms with E-state index in [1.165, 1.54) is 12.7 Å². The fourth-order valence-electron chi connectivity index (χ4n) is 3.36. The summed E-state index contributed by atoms with van der Waals surface area (Å²) >= 11 is 1.65. The molecule has 0 radical (unpaired) electrons. The number of hydrogen-bond donors (Lipinski definition) is 2. The summed E-state index contributed by atoms with van der Waals surface area (Å²) in [6, 6.07) is 3.62. The zero-order valence-electron chi connectivity index (χ0n) is 14.6. The van der Waals surface area contributed by atoms with Crippen molar-refractivity contribution in [2.24, 2.45) is 11.8 Å². The Hall–Kier alpha value is -2.74. The Bertz CT molecular complexity index is 938. The molecule has 1 aliphatic rings. The molecule has 2 atom stereocenters. The van der Waals surface area contributed by atoms with E-state index < -0.39 is 0 Å². The van der Waals surface area contributed by atoms with Crippen LogP contribution >= 0.6 is 11.3 Å². The van der Waals surface area contributed by atoms with Crippen molar-refractivity contribution in [3.63, 3.8) is 0 Å². The summed E-state index contributed by atoms with van der Waals surface area (Å²) in [7, 11) is 0. The number of nitrogen functional groups attached to an aromatic ring is 1. The summed E-state index contributed by atoms with van der Waals surface area (Å²) in [6.07, 6.45) is 6.43. The maximum Gasteiger partial charge on any atom is 0.186 e. The monoisotopic (exact) mass is 367 g/mol. The number of hydrogen-bond acceptors (Lipinski definition) is 8. The minimum atomic E-state index is 0.414. The van der Waals surface area contributed by atoms with Crippen molar-refractivity contribution in [2.75, 3.05) is 29.0 Å². The van der Waals surface area contributed by atoms with E-state index in [9.17, 15) is 0 Å². The van der Waals surface area contributed by atoms with Gasteiger partial charge >= 0.3 is 0 Å². The largest absolute Gasteiger partial charge is 0.384 e. The Morgan fingerprint density at radius 1 is 1.35 bits per heavy atom. The van der Waals surface area contributed by atoms with Crippen LogP contribution in [0.15, 0.2) is 37.3 Å². The Labute approximate surface area is 156 Å². The van der Waals surface area contributed by atoms with Crippen molar-refractivity contribution in [2.45, 2.75) is 13.3 Å². The molecule has 1 aliphatic heterocycles. The molecule has 0 spiro atoms. The third-order valence-electron chi connectivity index (χ3n) is 4.52. The topological polar surface area (TPSA) is 92.9 Å². The molecule has 2 unspecified atom stereocenters. The van der Waals surface area contributed by atoms with Gasteiger partial charge in [0.25, 0.3) is 0 Å². The first kappa shape index (κ1) is 16.7. The molecule has 0 aliphatic carbocycles. The molecule has 0 amide bonds. The minimum absolute atomic E-state index is 0.414. The smallest absolute Gasteiger partial charge is 0.186 e. The second-order valence-corrected chi connectivity index (χ2v) is 7.68. The molecule has 8 heteroatoms. The summed E-state index contributed by atoms with van der Waals surface area (Å²) in [4.78, 5) is 19.8. The molecule has 0 bridgehead atoms. The van der Waals surface area contributed by atoms with E-state index in [4.69, 9.17) is 10.7 Å². The molecule has 1 fully saturated rings. The number of rotatable bonds is 4. The summed E-state index contributed by atoms with van der Waals surface area (Å²) in [5.41, 5.74) is 6.66. The van der Waals surface area contributed by atoms with Gasteiger partial charge in [-0.25, -0.2) is 19.9 Å². The predicted octanol–water partition coefficient (Wildman–Crippen LogP) is 3.46. The van der Waals surface area contributed by atoms with Crippen LogP contribution in [0.3, 0.4) is 0 Å². The Morgan fingerprint density at radius 3 is 3.04 bits per heavy atom. The fourth-order valence-corrected chi connectivity index (χ4v) is 4.38. The minimum Gasteiger partial charge on any atom is -0.384 e. The average Bonchev–Trinajstić information content (AvgIpc) is 3.07. The van der Waals surface area contributed by atoms with E-state index in [0.717, 1.165) is 34.3 Å². The van der Waals surface area contributed by atoms with Gasteiger partial charge in [-0.2, -0.15) is 0 Å². The van der Waals surface area contributed by atoms with Gasteiger partial charge in [0.2, 0.25) is 0 Å². The van der Waals surface area contributed by atoms with Crippen molar-refractivity contribution >= 4 is 44.1 Å². The molecule has 3 N–H and O–H groups in total. The molecule has 1 saturated heterocycles. The van der Waals surface area contributed by atoms with Gasteiger partial charge in [0.1, 0.15) is 18.0 Å². The molecular formula is C18H21N7S. The van der Waals surface area contributed by atoms with Crippen LogP contribution in [0, 0.1) is 11.8 Å². The highest BCUT2D eigenvalue weighted by Gasteiger charge is 2.25. The summed E-state index contributed by atoms with van der Waals surface area (Å²) in [6.45, 7) is 8.23. The van der Waals surface area contributed by atoms with Crippen LogP contribution in [0.25, 0.3) is 10.2 Å². The van der Waals surface area contributed by atoms with E-state index in [-0.39, 0.29) is 0 Å². The van der Waals surface area contributed by atoms with E-state index >= 15 is 0 Å². The van der Waals surface area contributed by atoms with Crippen molar-refractivity contribution < 1.29 is 0 Å². The Kier molecular flexibility index (Phi) is 4.42. The van der Waals surface area contributed by atoms with Gasteiger partial charge in [0.05, 0.1) is 10.2 Å². The molecule has 134 valence electrons. The number of thiazole rings is 1. The Balaban J connectivity index is 1.66. The predicted molar refractivity (Wildman–Crippen MR) is 107 cm³/mol. The van der Waals surface area contributed by atoms with Gasteiger partial charge in [-0.1, -0.05) is 24.3 Å². The molecule has 0 aromatic carbocycles. The zero-order chi connectivity index (χ0) is 18.1. The number of piperidine rings is 1. The average molecular weight is 367 g/mol. The molecule has 3 aromatic heterocycles. The number of fused-ring (bicyclic) bond motifs is 1. The number of nitrogens with zero attached hydrogens (tertiary/aromatic N) is 5. The quantitative estimate of drug-likeness (QED) is 0.682. The van der Waals surface area contributed by atoms with Crippen LogP contribution in [-0.2, 0) is 0 Å². The van der Waals surface area contributed by atoms with Crippen molar-refractivity contribution in [3.05, 3.63) is 37.3 Å². The first-order valence-corrected chi connectivity index (χ1v) is 9.41. The van der Waals surface area contributed by atoms with E-state index in [0.29, 0.717) is 23.5 Å². The summed E-state index contributed by atoms with van der Waals surface area (Å²) in [5, 5.41) is 4.25. The van der Waals surface area contributed by atoms with Gasteiger partial charge in [0.15, 0.2) is 10.9 Å². The van der Waals surface area contributed by atoms with Gasteiger partial charge < -0.3 is 16.0 Å². The fraction of sp³-hybridized carbons (Fsp3) is 0.333.